The normalized spacial score (nSPS) is 17.4. The van der Waals surface area contributed by atoms with Crippen LogP contribution < -0.4 is 4.74 Å². The average molecular weight is 436 g/mol. The van der Waals surface area contributed by atoms with Crippen LogP contribution in [0.5, 0.6) is 5.75 Å². The molecule has 0 unspecified atom stereocenters. The number of aliphatic imine (C=N–C) groups is 1. The van der Waals surface area contributed by atoms with E-state index in [1.165, 1.54) is 16.8 Å². The molecule has 0 atom stereocenters. The van der Waals surface area contributed by atoms with Gasteiger partial charge in [-0.15, -0.1) is 0 Å². The number of rotatable bonds is 5. The van der Waals surface area contributed by atoms with Gasteiger partial charge in [0.15, 0.2) is 5.84 Å². The molecule has 2 aliphatic heterocycles. The second-order valence-corrected chi connectivity index (χ2v) is 9.02. The molecule has 4 rings (SSSR count). The number of methoxy groups -OCH3 is 1. The number of benzene rings is 1. The zero-order chi connectivity index (χ0) is 22.3. The Bertz CT molecular complexity index is 1170. The summed E-state index contributed by atoms with van der Waals surface area (Å²) in [6, 6.07) is 9.83. The number of aromatic nitrogens is 1. The first-order chi connectivity index (χ1) is 14.8. The highest BCUT2D eigenvalue weighted by Crippen LogP contribution is 2.31. The third kappa shape index (κ3) is 3.95. The van der Waals surface area contributed by atoms with Gasteiger partial charge in [0.1, 0.15) is 10.8 Å². The highest BCUT2D eigenvalue weighted by atomic mass is 32.2. The van der Waals surface area contributed by atoms with Crippen molar-refractivity contribution in [2.45, 2.75) is 34.1 Å². The summed E-state index contributed by atoms with van der Waals surface area (Å²) in [4.78, 5) is 16.9. The minimum absolute atomic E-state index is 0.0624. The number of carbonyl (C=O) groups excluding carboxylic acids is 1. The number of nitrogens with zero attached hydrogens (tertiary/aromatic N) is 4. The molecule has 0 spiro atoms. The Labute approximate surface area is 186 Å². The summed E-state index contributed by atoms with van der Waals surface area (Å²) in [6.45, 7) is 8.23. The van der Waals surface area contributed by atoms with Crippen molar-refractivity contribution in [1.82, 2.24) is 9.58 Å². The fourth-order valence-corrected chi connectivity index (χ4v) is 4.80. The second-order valence-electron chi connectivity index (χ2n) is 7.98. The molecule has 160 valence electrons. The lowest BCUT2D eigenvalue weighted by molar-refractivity contribution is -0.114. The first kappa shape index (κ1) is 21.1. The predicted molar refractivity (Wildman–Crippen MR) is 126 cm³/mol. The SMILES string of the molecule is COc1cccc(-n2c(C)cc(/C=C3\C(=N)N4N=C(CC(C)C)SC4=NC3=O)c2C)c1. The lowest BCUT2D eigenvalue weighted by atomic mass is 10.1. The molecule has 1 aromatic heterocycles. The standard InChI is InChI=1S/C23H25N5O2S/c1-13(2)9-20-26-28-21(24)19(22(29)25-23(28)31-20)11-16-10-14(3)27(15(16)4)17-7-6-8-18(12-17)30-5/h6-8,10-13,24H,9H2,1-5H3/b19-11+,24-21?. The number of amidine groups is 2. The van der Waals surface area contributed by atoms with Crippen molar-refractivity contribution < 1.29 is 9.53 Å². The number of hydrogen-bond acceptors (Lipinski definition) is 5. The third-order valence-electron chi connectivity index (χ3n) is 5.16. The van der Waals surface area contributed by atoms with Gasteiger partial charge in [-0.3, -0.25) is 10.2 Å². The Kier molecular flexibility index (Phi) is 5.58. The van der Waals surface area contributed by atoms with Crippen LogP contribution in [0.25, 0.3) is 11.8 Å². The van der Waals surface area contributed by atoms with Gasteiger partial charge in [0.05, 0.1) is 12.7 Å². The number of fused-ring (bicyclic) bond motifs is 1. The first-order valence-electron chi connectivity index (χ1n) is 10.1. The topological polar surface area (TPSA) is 83.0 Å². The van der Waals surface area contributed by atoms with Crippen molar-refractivity contribution >= 4 is 39.8 Å². The van der Waals surface area contributed by atoms with Crippen molar-refractivity contribution in [1.29, 1.82) is 5.41 Å². The van der Waals surface area contributed by atoms with Crippen LogP contribution in [0, 0.1) is 25.2 Å². The van der Waals surface area contributed by atoms with Crippen LogP contribution in [0.4, 0.5) is 0 Å². The summed E-state index contributed by atoms with van der Waals surface area (Å²) >= 11 is 1.37. The number of nitrogens with one attached hydrogen (secondary N) is 1. The Hall–Kier alpha value is -3.13. The van der Waals surface area contributed by atoms with E-state index in [1.807, 2.05) is 44.2 Å². The number of amides is 1. The van der Waals surface area contributed by atoms with Gasteiger partial charge in [-0.25, -0.2) is 0 Å². The quantitative estimate of drug-likeness (QED) is 0.686. The van der Waals surface area contributed by atoms with Gasteiger partial charge in [0, 0.05) is 29.6 Å². The molecule has 1 N–H and O–H groups in total. The van der Waals surface area contributed by atoms with Gasteiger partial charge in [0.2, 0.25) is 5.17 Å². The van der Waals surface area contributed by atoms with E-state index in [4.69, 9.17) is 10.1 Å². The van der Waals surface area contributed by atoms with E-state index < -0.39 is 5.91 Å². The molecule has 0 saturated carbocycles. The van der Waals surface area contributed by atoms with Gasteiger partial charge in [-0.2, -0.15) is 15.1 Å². The molecule has 0 bridgehead atoms. The molecule has 0 saturated heterocycles. The zero-order valence-electron chi connectivity index (χ0n) is 18.3. The number of ether oxygens (including phenoxy) is 1. The molecule has 1 amide bonds. The Morgan fingerprint density at radius 1 is 1.26 bits per heavy atom. The summed E-state index contributed by atoms with van der Waals surface area (Å²) in [5.41, 5.74) is 4.07. The Morgan fingerprint density at radius 2 is 2.03 bits per heavy atom. The highest BCUT2D eigenvalue weighted by molar-refractivity contribution is 8.26. The minimum atomic E-state index is -0.407. The van der Waals surface area contributed by atoms with Gasteiger partial charge < -0.3 is 9.30 Å². The van der Waals surface area contributed by atoms with E-state index in [-0.39, 0.29) is 11.4 Å². The number of hydrazone groups is 1. The van der Waals surface area contributed by atoms with Gasteiger partial charge >= 0.3 is 0 Å². The van der Waals surface area contributed by atoms with Gasteiger partial charge in [-0.1, -0.05) is 19.9 Å². The largest absolute Gasteiger partial charge is 0.497 e. The van der Waals surface area contributed by atoms with E-state index in [9.17, 15) is 4.79 Å². The Balaban J connectivity index is 1.70. The van der Waals surface area contributed by atoms with Crippen LogP contribution in [0.15, 0.2) is 46.0 Å². The molecule has 31 heavy (non-hydrogen) atoms. The van der Waals surface area contributed by atoms with Crippen LogP contribution in [-0.4, -0.2) is 38.6 Å². The second kappa shape index (κ2) is 8.19. The van der Waals surface area contributed by atoms with Crippen molar-refractivity contribution in [3.63, 3.8) is 0 Å². The highest BCUT2D eigenvalue weighted by Gasteiger charge is 2.35. The maximum Gasteiger partial charge on any atom is 0.283 e. The summed E-state index contributed by atoms with van der Waals surface area (Å²) < 4.78 is 7.45. The summed E-state index contributed by atoms with van der Waals surface area (Å²) in [5.74, 6) is 0.871. The van der Waals surface area contributed by atoms with Crippen molar-refractivity contribution in [3.05, 3.63) is 52.9 Å². The molecular weight excluding hydrogens is 410 g/mol. The Morgan fingerprint density at radius 3 is 2.74 bits per heavy atom. The minimum Gasteiger partial charge on any atom is -0.497 e. The zero-order valence-corrected chi connectivity index (χ0v) is 19.1. The van der Waals surface area contributed by atoms with Crippen molar-refractivity contribution in [3.8, 4) is 11.4 Å². The number of thioether (sulfide) groups is 1. The molecule has 1 aromatic carbocycles. The monoisotopic (exact) mass is 435 g/mol. The van der Waals surface area contributed by atoms with Crippen LogP contribution >= 0.6 is 11.8 Å². The maximum absolute atomic E-state index is 12.7. The molecule has 7 nitrogen and oxygen atoms in total. The molecule has 2 aliphatic rings. The molecule has 2 aromatic rings. The van der Waals surface area contributed by atoms with Crippen LogP contribution in [0.1, 0.15) is 37.2 Å². The van der Waals surface area contributed by atoms with Crippen LogP contribution in [-0.2, 0) is 4.79 Å². The van der Waals surface area contributed by atoms with Crippen LogP contribution in [0.2, 0.25) is 0 Å². The molecule has 8 heteroatoms. The lowest BCUT2D eigenvalue weighted by Gasteiger charge is -2.20. The first-order valence-corrected chi connectivity index (χ1v) is 10.9. The molecule has 0 radical (unpaired) electrons. The molecular formula is C23H25N5O2S. The summed E-state index contributed by atoms with van der Waals surface area (Å²) in [6.07, 6.45) is 2.53. The average Bonchev–Trinajstić information content (AvgIpc) is 3.24. The van der Waals surface area contributed by atoms with Gasteiger partial charge in [-0.05, 0) is 61.4 Å². The van der Waals surface area contributed by atoms with Gasteiger partial charge in [0.25, 0.3) is 5.91 Å². The third-order valence-corrected chi connectivity index (χ3v) is 6.09. The van der Waals surface area contributed by atoms with Crippen molar-refractivity contribution in [2.24, 2.45) is 16.0 Å². The number of aryl methyl sites for hydroxylation is 1. The van der Waals surface area contributed by atoms with E-state index in [2.05, 4.69) is 28.5 Å². The number of hydrogen-bond donors (Lipinski definition) is 1. The van der Waals surface area contributed by atoms with Crippen molar-refractivity contribution in [2.75, 3.05) is 7.11 Å². The maximum atomic E-state index is 12.7. The molecule has 3 heterocycles. The fraction of sp³-hybridized carbons (Fsp3) is 0.304. The molecule has 0 aliphatic carbocycles. The molecule has 0 fully saturated rings. The van der Waals surface area contributed by atoms with Crippen LogP contribution in [0.3, 0.4) is 0 Å². The summed E-state index contributed by atoms with van der Waals surface area (Å²) in [5, 5.41) is 15.9. The van der Waals surface area contributed by atoms with E-state index in [0.717, 1.165) is 39.9 Å². The lowest BCUT2D eigenvalue weighted by Crippen LogP contribution is -2.35. The predicted octanol–water partition coefficient (Wildman–Crippen LogP) is 4.77. The van der Waals surface area contributed by atoms with E-state index in [0.29, 0.717) is 11.1 Å². The summed E-state index contributed by atoms with van der Waals surface area (Å²) in [7, 11) is 1.64. The van der Waals surface area contributed by atoms with E-state index >= 15 is 0 Å². The number of carbonyl (C=O) groups is 1. The fourth-order valence-electron chi connectivity index (χ4n) is 3.70. The van der Waals surface area contributed by atoms with E-state index in [1.54, 1.807) is 13.2 Å². The smallest absolute Gasteiger partial charge is 0.283 e.